The van der Waals surface area contributed by atoms with Gasteiger partial charge < -0.3 is 4.57 Å². The van der Waals surface area contributed by atoms with Crippen molar-refractivity contribution in [3.8, 4) is 0 Å². The second-order valence-corrected chi connectivity index (χ2v) is 7.70. The fraction of sp³-hybridized carbons (Fsp3) is 0.190. The Labute approximate surface area is 150 Å². The van der Waals surface area contributed by atoms with E-state index in [0.717, 1.165) is 32.6 Å². The molecule has 1 aromatic heterocycles. The number of hydrogen-bond donors (Lipinski definition) is 0. The van der Waals surface area contributed by atoms with Crippen LogP contribution in [0.1, 0.15) is 30.7 Å². The van der Waals surface area contributed by atoms with Gasteiger partial charge in [0.05, 0.1) is 4.60 Å². The minimum Gasteiger partial charge on any atom is -0.338 e. The molecule has 0 aliphatic heterocycles. The van der Waals surface area contributed by atoms with E-state index in [1.165, 1.54) is 5.56 Å². The van der Waals surface area contributed by atoms with E-state index >= 15 is 0 Å². The second-order valence-electron chi connectivity index (χ2n) is 6.89. The van der Waals surface area contributed by atoms with Gasteiger partial charge in [0.2, 0.25) is 0 Å². The lowest BCUT2D eigenvalue weighted by Crippen LogP contribution is -2.29. The van der Waals surface area contributed by atoms with Crippen LogP contribution in [0.2, 0.25) is 0 Å². The van der Waals surface area contributed by atoms with E-state index in [9.17, 15) is 4.79 Å². The van der Waals surface area contributed by atoms with Gasteiger partial charge in [0, 0.05) is 29.3 Å². The maximum absolute atomic E-state index is 12.8. The van der Waals surface area contributed by atoms with Crippen LogP contribution in [-0.4, -0.2) is 10.4 Å². The molecule has 120 valence electrons. The molecule has 2 aliphatic rings. The summed E-state index contributed by atoms with van der Waals surface area (Å²) in [6.45, 7) is 4.39. The number of hydrogen-bond acceptors (Lipinski definition) is 1. The van der Waals surface area contributed by atoms with Crippen molar-refractivity contribution in [1.82, 2.24) is 4.57 Å². The first-order valence-electron chi connectivity index (χ1n) is 8.01. The van der Waals surface area contributed by atoms with Crippen molar-refractivity contribution < 1.29 is 4.79 Å². The van der Waals surface area contributed by atoms with Crippen molar-refractivity contribution in [1.29, 1.82) is 0 Å². The fourth-order valence-corrected chi connectivity index (χ4v) is 4.03. The third-order valence-electron chi connectivity index (χ3n) is 5.11. The van der Waals surface area contributed by atoms with Crippen LogP contribution in [-0.2, 0) is 17.3 Å². The van der Waals surface area contributed by atoms with Crippen LogP contribution in [0.15, 0.2) is 64.3 Å². The summed E-state index contributed by atoms with van der Waals surface area (Å²) in [6, 6.07) is 12.4. The quantitative estimate of drug-likeness (QED) is 0.678. The average Bonchev–Trinajstić information content (AvgIpc) is 2.88. The van der Waals surface area contributed by atoms with Crippen molar-refractivity contribution >= 4 is 33.4 Å². The van der Waals surface area contributed by atoms with Gasteiger partial charge in [-0.1, -0.05) is 38.1 Å². The molecule has 0 amide bonds. The van der Waals surface area contributed by atoms with Crippen LogP contribution in [0.4, 0.5) is 0 Å². The van der Waals surface area contributed by atoms with Gasteiger partial charge in [0.25, 0.3) is 0 Å². The molecule has 0 bridgehead atoms. The van der Waals surface area contributed by atoms with Crippen LogP contribution >= 0.6 is 15.9 Å². The minimum absolute atomic E-state index is 0.0856. The smallest absolute Gasteiger partial charge is 0.186 e. The van der Waals surface area contributed by atoms with Crippen molar-refractivity contribution in [2.24, 2.45) is 7.05 Å². The standard InChI is InChI=1S/C21H18BrNO/c1-21(2)16-7-5-4-6-13(16)10-15-17(21)11-14(12-19(15)24)18-8-9-20(22)23(18)3/h4-12H,1-3H3. The molecular formula is C21H18BrNO. The van der Waals surface area contributed by atoms with Gasteiger partial charge >= 0.3 is 0 Å². The maximum Gasteiger partial charge on any atom is 0.186 e. The van der Waals surface area contributed by atoms with E-state index in [1.54, 1.807) is 6.08 Å². The van der Waals surface area contributed by atoms with Gasteiger partial charge in [-0.15, -0.1) is 0 Å². The summed E-state index contributed by atoms with van der Waals surface area (Å²) in [4.78, 5) is 12.8. The first-order valence-corrected chi connectivity index (χ1v) is 8.80. The van der Waals surface area contributed by atoms with Crippen LogP contribution in [0.5, 0.6) is 0 Å². The van der Waals surface area contributed by atoms with Gasteiger partial charge in [-0.2, -0.15) is 0 Å². The molecule has 0 saturated carbocycles. The van der Waals surface area contributed by atoms with Gasteiger partial charge in [-0.05, 0) is 63.0 Å². The van der Waals surface area contributed by atoms with Crippen LogP contribution in [0.3, 0.4) is 0 Å². The third-order valence-corrected chi connectivity index (χ3v) is 5.90. The lowest BCUT2D eigenvalue weighted by molar-refractivity contribution is -0.111. The monoisotopic (exact) mass is 379 g/mol. The number of carbonyl (C=O) groups excluding carboxylic acids is 1. The van der Waals surface area contributed by atoms with Crippen LogP contribution in [0, 0.1) is 0 Å². The summed E-state index contributed by atoms with van der Waals surface area (Å²) in [7, 11) is 2.00. The molecule has 0 fully saturated rings. The van der Waals surface area contributed by atoms with Gasteiger partial charge in [0.15, 0.2) is 5.78 Å². The normalized spacial score (nSPS) is 18.3. The Balaban J connectivity index is 1.92. The van der Waals surface area contributed by atoms with E-state index in [1.807, 2.05) is 31.3 Å². The molecule has 1 heterocycles. The average molecular weight is 380 g/mol. The molecular weight excluding hydrogens is 362 g/mol. The minimum atomic E-state index is -0.196. The summed E-state index contributed by atoms with van der Waals surface area (Å²) in [5.74, 6) is 0.0856. The Morgan fingerprint density at radius 2 is 1.75 bits per heavy atom. The number of ketones is 1. The van der Waals surface area contributed by atoms with Crippen LogP contribution < -0.4 is 0 Å². The summed E-state index contributed by atoms with van der Waals surface area (Å²) in [5, 5.41) is 0. The number of nitrogens with zero attached hydrogens (tertiary/aromatic N) is 1. The molecule has 0 N–H and O–H groups in total. The largest absolute Gasteiger partial charge is 0.338 e. The molecule has 2 aromatic rings. The number of halogens is 1. The third kappa shape index (κ3) is 2.11. The summed E-state index contributed by atoms with van der Waals surface area (Å²) in [6.07, 6.45) is 5.95. The summed E-state index contributed by atoms with van der Waals surface area (Å²) >= 11 is 3.53. The molecule has 0 unspecified atom stereocenters. The molecule has 24 heavy (non-hydrogen) atoms. The van der Waals surface area contributed by atoms with E-state index < -0.39 is 0 Å². The predicted octanol–water partition coefficient (Wildman–Crippen LogP) is 5.05. The number of fused-ring (bicyclic) bond motifs is 2. The van der Waals surface area contributed by atoms with Crippen molar-refractivity contribution in [2.75, 3.05) is 0 Å². The number of aromatic nitrogens is 1. The van der Waals surface area contributed by atoms with Gasteiger partial charge in [0.1, 0.15) is 0 Å². The zero-order valence-electron chi connectivity index (χ0n) is 13.9. The lowest BCUT2D eigenvalue weighted by Gasteiger charge is -2.36. The SMILES string of the molecule is Cn1c(Br)ccc1C1=CC(=O)C2=Cc3ccccc3C(C)(C)C2=C1. The fourth-order valence-electron chi connectivity index (χ4n) is 3.71. The second kappa shape index (κ2) is 5.18. The Hall–Kier alpha value is -2.13. The number of allylic oxidation sites excluding steroid dienone is 5. The molecule has 0 atom stereocenters. The Morgan fingerprint density at radius 3 is 2.46 bits per heavy atom. The molecule has 0 radical (unpaired) electrons. The van der Waals surface area contributed by atoms with Crippen molar-refractivity contribution in [2.45, 2.75) is 19.3 Å². The number of benzene rings is 1. The summed E-state index contributed by atoms with van der Waals surface area (Å²) < 4.78 is 3.05. The molecule has 0 spiro atoms. The molecule has 4 rings (SSSR count). The zero-order chi connectivity index (χ0) is 17.1. The Morgan fingerprint density at radius 1 is 1.00 bits per heavy atom. The number of rotatable bonds is 1. The molecule has 3 heteroatoms. The Kier molecular flexibility index (Phi) is 3.33. The van der Waals surface area contributed by atoms with Crippen molar-refractivity contribution in [3.63, 3.8) is 0 Å². The highest BCUT2D eigenvalue weighted by molar-refractivity contribution is 9.10. The van der Waals surface area contributed by atoms with Crippen molar-refractivity contribution in [3.05, 3.63) is 81.1 Å². The lowest BCUT2D eigenvalue weighted by atomic mass is 9.66. The highest BCUT2D eigenvalue weighted by Crippen LogP contribution is 2.46. The number of carbonyl (C=O) groups is 1. The van der Waals surface area contributed by atoms with Crippen LogP contribution in [0.25, 0.3) is 11.6 Å². The summed E-state index contributed by atoms with van der Waals surface area (Å²) in [5.41, 5.74) is 6.13. The van der Waals surface area contributed by atoms with E-state index in [-0.39, 0.29) is 11.2 Å². The zero-order valence-corrected chi connectivity index (χ0v) is 15.5. The predicted molar refractivity (Wildman–Crippen MR) is 102 cm³/mol. The molecule has 2 nitrogen and oxygen atoms in total. The van der Waals surface area contributed by atoms with E-state index in [4.69, 9.17) is 0 Å². The molecule has 2 aliphatic carbocycles. The molecule has 1 aromatic carbocycles. The van der Waals surface area contributed by atoms with E-state index in [2.05, 4.69) is 58.6 Å². The first-order chi connectivity index (χ1) is 11.4. The van der Waals surface area contributed by atoms with Gasteiger partial charge in [-0.3, -0.25) is 4.79 Å². The first kappa shape index (κ1) is 15.4. The van der Waals surface area contributed by atoms with Gasteiger partial charge in [-0.25, -0.2) is 0 Å². The molecule has 0 saturated heterocycles. The highest BCUT2D eigenvalue weighted by Gasteiger charge is 2.37. The van der Waals surface area contributed by atoms with E-state index in [0.29, 0.717) is 0 Å². The highest BCUT2D eigenvalue weighted by atomic mass is 79.9. The Bertz CT molecular complexity index is 969. The topological polar surface area (TPSA) is 22.0 Å². The maximum atomic E-state index is 12.8.